The first-order valence-electron chi connectivity index (χ1n) is 8.21. The van der Waals surface area contributed by atoms with Crippen molar-refractivity contribution in [2.45, 2.75) is 13.3 Å². The van der Waals surface area contributed by atoms with Gasteiger partial charge in [0.25, 0.3) is 5.91 Å². The molecule has 0 heterocycles. The molecule has 1 amide bonds. The van der Waals surface area contributed by atoms with E-state index in [-0.39, 0.29) is 12.5 Å². The maximum atomic E-state index is 12.1. The fourth-order valence-electron chi connectivity index (χ4n) is 2.61. The smallest absolute Gasteiger partial charge is 0.338 e. The standard InChI is InChI=1S/C21H19NO3/c1-2-15-10-12-17(13-11-15)21(24)25-14-20(23)22-19-9-5-7-16-6-3-4-8-18(16)19/h3-13H,2,14H2,1H3,(H,22,23). The normalized spacial score (nSPS) is 10.4. The number of fused-ring (bicyclic) bond motifs is 1. The van der Waals surface area contributed by atoms with Crippen LogP contribution in [-0.4, -0.2) is 18.5 Å². The van der Waals surface area contributed by atoms with Gasteiger partial charge in [-0.3, -0.25) is 4.79 Å². The second-order valence-electron chi connectivity index (χ2n) is 5.70. The maximum Gasteiger partial charge on any atom is 0.338 e. The lowest BCUT2D eigenvalue weighted by Crippen LogP contribution is -2.21. The van der Waals surface area contributed by atoms with Gasteiger partial charge in [0.05, 0.1) is 5.56 Å². The second kappa shape index (κ2) is 7.62. The van der Waals surface area contributed by atoms with Gasteiger partial charge in [-0.05, 0) is 35.6 Å². The first-order valence-corrected chi connectivity index (χ1v) is 8.21. The minimum Gasteiger partial charge on any atom is -0.452 e. The van der Waals surface area contributed by atoms with Gasteiger partial charge in [-0.25, -0.2) is 4.79 Å². The van der Waals surface area contributed by atoms with Gasteiger partial charge in [0.15, 0.2) is 6.61 Å². The highest BCUT2D eigenvalue weighted by molar-refractivity contribution is 6.03. The minimum atomic E-state index is -0.504. The molecule has 0 unspecified atom stereocenters. The summed E-state index contributed by atoms with van der Waals surface area (Å²) in [6.45, 7) is 1.72. The topological polar surface area (TPSA) is 55.4 Å². The van der Waals surface area contributed by atoms with E-state index in [2.05, 4.69) is 5.32 Å². The van der Waals surface area contributed by atoms with Crippen LogP contribution in [0, 0.1) is 0 Å². The largest absolute Gasteiger partial charge is 0.452 e. The summed E-state index contributed by atoms with van der Waals surface area (Å²) in [7, 11) is 0. The Labute approximate surface area is 146 Å². The van der Waals surface area contributed by atoms with Crippen LogP contribution < -0.4 is 5.32 Å². The molecule has 3 aromatic carbocycles. The molecular weight excluding hydrogens is 314 g/mol. The Hall–Kier alpha value is -3.14. The van der Waals surface area contributed by atoms with Gasteiger partial charge in [0, 0.05) is 11.1 Å². The van der Waals surface area contributed by atoms with Crippen molar-refractivity contribution in [3.05, 3.63) is 77.9 Å². The molecule has 0 bridgehead atoms. The van der Waals surface area contributed by atoms with Crippen LogP contribution in [0.15, 0.2) is 66.7 Å². The molecule has 4 heteroatoms. The second-order valence-corrected chi connectivity index (χ2v) is 5.70. The Morgan fingerprint density at radius 3 is 2.40 bits per heavy atom. The van der Waals surface area contributed by atoms with Crippen molar-refractivity contribution in [3.8, 4) is 0 Å². The molecule has 0 saturated carbocycles. The summed E-state index contributed by atoms with van der Waals surface area (Å²) in [6, 6.07) is 20.6. The van der Waals surface area contributed by atoms with E-state index in [4.69, 9.17) is 4.74 Å². The van der Waals surface area contributed by atoms with Crippen molar-refractivity contribution < 1.29 is 14.3 Å². The van der Waals surface area contributed by atoms with Crippen molar-refractivity contribution in [2.75, 3.05) is 11.9 Å². The number of amides is 1. The summed E-state index contributed by atoms with van der Waals surface area (Å²) < 4.78 is 5.10. The van der Waals surface area contributed by atoms with E-state index in [0.29, 0.717) is 11.3 Å². The van der Waals surface area contributed by atoms with Gasteiger partial charge in [0.2, 0.25) is 0 Å². The van der Waals surface area contributed by atoms with Gasteiger partial charge in [0.1, 0.15) is 0 Å². The number of hydrogen-bond acceptors (Lipinski definition) is 3. The molecule has 3 aromatic rings. The number of nitrogens with one attached hydrogen (secondary N) is 1. The molecule has 1 N–H and O–H groups in total. The molecule has 0 aliphatic heterocycles. The predicted octanol–water partition coefficient (Wildman–Crippen LogP) is 4.20. The summed E-state index contributed by atoms with van der Waals surface area (Å²) in [4.78, 5) is 24.1. The van der Waals surface area contributed by atoms with Crippen molar-refractivity contribution in [3.63, 3.8) is 0 Å². The summed E-state index contributed by atoms with van der Waals surface area (Å²) in [6.07, 6.45) is 0.906. The van der Waals surface area contributed by atoms with Gasteiger partial charge >= 0.3 is 5.97 Å². The lowest BCUT2D eigenvalue weighted by Gasteiger charge is -2.09. The summed E-state index contributed by atoms with van der Waals surface area (Å²) in [5, 5.41) is 4.77. The molecule has 25 heavy (non-hydrogen) atoms. The SMILES string of the molecule is CCc1ccc(C(=O)OCC(=O)Nc2cccc3ccccc23)cc1. The van der Waals surface area contributed by atoms with Crippen molar-refractivity contribution in [2.24, 2.45) is 0 Å². The number of rotatable bonds is 5. The highest BCUT2D eigenvalue weighted by Gasteiger charge is 2.11. The molecule has 4 nitrogen and oxygen atoms in total. The van der Waals surface area contributed by atoms with Crippen molar-refractivity contribution in [1.29, 1.82) is 0 Å². The zero-order valence-corrected chi connectivity index (χ0v) is 14.0. The number of hydrogen-bond donors (Lipinski definition) is 1. The Morgan fingerprint density at radius 2 is 1.64 bits per heavy atom. The molecule has 0 aromatic heterocycles. The molecule has 126 valence electrons. The Bertz CT molecular complexity index is 895. The average molecular weight is 333 g/mol. The maximum absolute atomic E-state index is 12.1. The monoisotopic (exact) mass is 333 g/mol. The van der Waals surface area contributed by atoms with Crippen LogP contribution in [0.5, 0.6) is 0 Å². The third kappa shape index (κ3) is 4.04. The molecule has 0 spiro atoms. The Kier molecular flexibility index (Phi) is 5.09. The number of anilines is 1. The Morgan fingerprint density at radius 1 is 0.920 bits per heavy atom. The summed E-state index contributed by atoms with van der Waals surface area (Å²) in [5.74, 6) is -0.870. The van der Waals surface area contributed by atoms with Crippen LogP contribution in [0.2, 0.25) is 0 Å². The average Bonchev–Trinajstić information content (AvgIpc) is 2.66. The van der Waals surface area contributed by atoms with Crippen LogP contribution in [0.3, 0.4) is 0 Å². The lowest BCUT2D eigenvalue weighted by molar-refractivity contribution is -0.119. The molecular formula is C21H19NO3. The zero-order chi connectivity index (χ0) is 17.6. The summed E-state index contributed by atoms with van der Waals surface area (Å²) >= 11 is 0. The quantitative estimate of drug-likeness (QED) is 0.712. The molecule has 0 saturated heterocycles. The third-order valence-corrected chi connectivity index (χ3v) is 4.00. The molecule has 0 fully saturated rings. The fourth-order valence-corrected chi connectivity index (χ4v) is 2.61. The number of carbonyl (C=O) groups is 2. The number of esters is 1. The third-order valence-electron chi connectivity index (χ3n) is 4.00. The lowest BCUT2D eigenvalue weighted by atomic mass is 10.1. The van der Waals surface area contributed by atoms with Crippen LogP contribution in [0.25, 0.3) is 10.8 Å². The first-order chi connectivity index (χ1) is 12.2. The summed E-state index contributed by atoms with van der Waals surface area (Å²) in [5.41, 5.74) is 2.28. The van der Waals surface area contributed by atoms with Gasteiger partial charge < -0.3 is 10.1 Å². The van der Waals surface area contributed by atoms with E-state index in [1.807, 2.05) is 61.5 Å². The molecule has 3 rings (SSSR count). The van der Waals surface area contributed by atoms with E-state index in [9.17, 15) is 9.59 Å². The van der Waals surface area contributed by atoms with E-state index in [1.165, 1.54) is 0 Å². The van der Waals surface area contributed by atoms with Gasteiger partial charge in [-0.1, -0.05) is 55.5 Å². The zero-order valence-electron chi connectivity index (χ0n) is 14.0. The van der Waals surface area contributed by atoms with Crippen LogP contribution in [0.4, 0.5) is 5.69 Å². The van der Waals surface area contributed by atoms with Crippen molar-refractivity contribution in [1.82, 2.24) is 0 Å². The van der Waals surface area contributed by atoms with Crippen LogP contribution >= 0.6 is 0 Å². The highest BCUT2D eigenvalue weighted by Crippen LogP contribution is 2.22. The van der Waals surface area contributed by atoms with E-state index >= 15 is 0 Å². The number of ether oxygens (including phenoxy) is 1. The minimum absolute atomic E-state index is 0.322. The van der Waals surface area contributed by atoms with Crippen LogP contribution in [-0.2, 0) is 16.0 Å². The fraction of sp³-hybridized carbons (Fsp3) is 0.143. The molecule has 0 atom stereocenters. The molecule has 0 aliphatic carbocycles. The number of carbonyl (C=O) groups excluding carboxylic acids is 2. The first kappa shape index (κ1) is 16.7. The van der Waals surface area contributed by atoms with Gasteiger partial charge in [-0.2, -0.15) is 0 Å². The van der Waals surface area contributed by atoms with Gasteiger partial charge in [-0.15, -0.1) is 0 Å². The molecule has 0 radical (unpaired) electrons. The number of aryl methyl sites for hydroxylation is 1. The molecule has 0 aliphatic rings. The number of benzene rings is 3. The van der Waals surface area contributed by atoms with E-state index in [1.54, 1.807) is 12.1 Å². The van der Waals surface area contributed by atoms with E-state index in [0.717, 1.165) is 22.8 Å². The predicted molar refractivity (Wildman–Crippen MR) is 98.7 cm³/mol. The van der Waals surface area contributed by atoms with Crippen molar-refractivity contribution >= 4 is 28.3 Å². The Balaban J connectivity index is 1.61. The highest BCUT2D eigenvalue weighted by atomic mass is 16.5. The van der Waals surface area contributed by atoms with Crippen LogP contribution in [0.1, 0.15) is 22.8 Å². The van der Waals surface area contributed by atoms with E-state index < -0.39 is 5.97 Å².